The molecule has 1 atom stereocenters. The molecule has 9 heteroatoms. The molecule has 1 amide bonds. The van der Waals surface area contributed by atoms with Crippen molar-refractivity contribution in [2.24, 2.45) is 0 Å². The van der Waals surface area contributed by atoms with Gasteiger partial charge in [-0.15, -0.1) is 3.89 Å². The largest absolute Gasteiger partial charge is 0.478 e. The van der Waals surface area contributed by atoms with E-state index in [0.717, 1.165) is 4.90 Å². The van der Waals surface area contributed by atoms with Crippen molar-refractivity contribution in [3.05, 3.63) is 28.2 Å². The molecule has 0 radical (unpaired) electrons. The Morgan fingerprint density at radius 2 is 2.10 bits per heavy atom. The van der Waals surface area contributed by atoms with Crippen LogP contribution in [0.15, 0.2) is 22.7 Å². The molecule has 1 heterocycles. The van der Waals surface area contributed by atoms with Crippen LogP contribution in [0.25, 0.3) is 0 Å². The third-order valence-electron chi connectivity index (χ3n) is 2.97. The lowest BCUT2D eigenvalue weighted by Crippen LogP contribution is -2.28. The van der Waals surface area contributed by atoms with Crippen LogP contribution < -0.4 is 4.90 Å². The van der Waals surface area contributed by atoms with E-state index in [4.69, 9.17) is 5.11 Å². The number of nitrogens with zero attached hydrogens (tertiary/aromatic N) is 1. The van der Waals surface area contributed by atoms with Gasteiger partial charge in [0.1, 0.15) is 5.25 Å². The summed E-state index contributed by atoms with van der Waals surface area (Å²) in [7, 11) is -4.84. The van der Waals surface area contributed by atoms with E-state index in [1.54, 1.807) is 0 Å². The number of hydrogen-bond donors (Lipinski definition) is 1. The maximum absolute atomic E-state index is 13.0. The van der Waals surface area contributed by atoms with Gasteiger partial charge in [-0.25, -0.2) is 4.79 Å². The summed E-state index contributed by atoms with van der Waals surface area (Å²) in [6, 6.07) is 4.15. The Morgan fingerprint density at radius 1 is 1.45 bits per heavy atom. The molecular weight excluding hydrogens is 357 g/mol. The zero-order chi connectivity index (χ0) is 15.1. The molecule has 2 rings (SSSR count). The van der Waals surface area contributed by atoms with Gasteiger partial charge in [0.25, 0.3) is 0 Å². The summed E-state index contributed by atoms with van der Waals surface area (Å²) in [4.78, 5) is 23.9. The minimum Gasteiger partial charge on any atom is -0.478 e. The normalized spacial score (nSPS) is 19.4. The van der Waals surface area contributed by atoms with Crippen molar-refractivity contribution >= 4 is 43.7 Å². The minimum absolute atomic E-state index is 0.0445. The van der Waals surface area contributed by atoms with Gasteiger partial charge in [0.05, 0.1) is 11.3 Å². The van der Waals surface area contributed by atoms with Crippen LogP contribution in [0.5, 0.6) is 0 Å². The first-order valence-corrected chi connectivity index (χ1v) is 7.71. The molecule has 1 unspecified atom stereocenters. The maximum Gasteiger partial charge on any atom is 0.337 e. The molecule has 1 fully saturated rings. The second-order valence-electron chi connectivity index (χ2n) is 4.27. The van der Waals surface area contributed by atoms with Crippen LogP contribution in [-0.4, -0.2) is 37.2 Å². The number of halogens is 2. The molecule has 20 heavy (non-hydrogen) atoms. The number of benzene rings is 1. The lowest BCUT2D eigenvalue weighted by molar-refractivity contribution is -0.117. The Hall–Kier alpha value is -1.48. The van der Waals surface area contributed by atoms with E-state index < -0.39 is 40.3 Å². The van der Waals surface area contributed by atoms with Gasteiger partial charge < -0.3 is 10.0 Å². The minimum atomic E-state index is -4.84. The van der Waals surface area contributed by atoms with Gasteiger partial charge in [-0.1, -0.05) is 15.9 Å². The van der Waals surface area contributed by atoms with Crippen LogP contribution in [0.1, 0.15) is 16.8 Å². The number of anilines is 1. The number of carboxylic acids is 1. The number of carboxylic acid groups (broad SMARTS) is 1. The second-order valence-corrected chi connectivity index (χ2v) is 6.81. The smallest absolute Gasteiger partial charge is 0.337 e. The monoisotopic (exact) mass is 365 g/mol. The third-order valence-corrected chi connectivity index (χ3v) is 4.57. The molecule has 1 N–H and O–H groups in total. The summed E-state index contributed by atoms with van der Waals surface area (Å²) >= 11 is 3.14. The van der Waals surface area contributed by atoms with Crippen LogP contribution in [0.2, 0.25) is 0 Å². The number of carbonyl (C=O) groups excluding carboxylic acids is 1. The van der Waals surface area contributed by atoms with Crippen LogP contribution in [0, 0.1) is 0 Å². The average molecular weight is 366 g/mol. The number of carbonyl (C=O) groups is 2. The van der Waals surface area contributed by atoms with Crippen molar-refractivity contribution in [2.75, 3.05) is 11.4 Å². The summed E-state index contributed by atoms with van der Waals surface area (Å²) in [5, 5.41) is 7.62. The van der Waals surface area contributed by atoms with Gasteiger partial charge in [-0.05, 0) is 18.2 Å². The Morgan fingerprint density at radius 3 is 2.60 bits per heavy atom. The van der Waals surface area contributed by atoms with Crippen molar-refractivity contribution in [3.8, 4) is 0 Å². The van der Waals surface area contributed by atoms with Crippen LogP contribution in [-0.2, 0) is 15.0 Å². The predicted octanol–water partition coefficient (Wildman–Crippen LogP) is 1.55. The van der Waals surface area contributed by atoms with E-state index in [1.807, 2.05) is 0 Å². The lowest BCUT2D eigenvalue weighted by Gasteiger charge is -2.18. The maximum atomic E-state index is 13.0. The van der Waals surface area contributed by atoms with Gasteiger partial charge in [-0.2, -0.15) is 8.42 Å². The fourth-order valence-electron chi connectivity index (χ4n) is 2.01. The van der Waals surface area contributed by atoms with E-state index >= 15 is 0 Å². The van der Waals surface area contributed by atoms with Crippen LogP contribution in [0.3, 0.4) is 0 Å². The van der Waals surface area contributed by atoms with Crippen molar-refractivity contribution < 1.29 is 27.0 Å². The van der Waals surface area contributed by atoms with E-state index in [9.17, 15) is 21.9 Å². The molecule has 1 saturated heterocycles. The predicted molar refractivity (Wildman–Crippen MR) is 71.9 cm³/mol. The molecule has 0 spiro atoms. The molecule has 6 nitrogen and oxygen atoms in total. The highest BCUT2D eigenvalue weighted by Gasteiger charge is 2.40. The molecule has 1 aliphatic heterocycles. The fourth-order valence-corrected chi connectivity index (χ4v) is 3.02. The zero-order valence-electron chi connectivity index (χ0n) is 9.92. The summed E-state index contributed by atoms with van der Waals surface area (Å²) in [5.74, 6) is -1.89. The molecule has 0 aromatic heterocycles. The fraction of sp³-hybridized carbons (Fsp3) is 0.273. The zero-order valence-corrected chi connectivity index (χ0v) is 12.3. The van der Waals surface area contributed by atoms with Gasteiger partial charge in [0.15, 0.2) is 0 Å². The van der Waals surface area contributed by atoms with Crippen molar-refractivity contribution in [1.29, 1.82) is 0 Å². The summed E-state index contributed by atoms with van der Waals surface area (Å²) < 4.78 is 35.2. The first-order chi connectivity index (χ1) is 9.20. The molecule has 1 aromatic rings. The van der Waals surface area contributed by atoms with Crippen LogP contribution in [0.4, 0.5) is 9.57 Å². The summed E-state index contributed by atoms with van der Waals surface area (Å²) in [6.45, 7) is -0.394. The number of hydrogen-bond acceptors (Lipinski definition) is 4. The van der Waals surface area contributed by atoms with Gasteiger partial charge in [0.2, 0.25) is 5.91 Å². The van der Waals surface area contributed by atoms with Crippen molar-refractivity contribution in [1.82, 2.24) is 0 Å². The average Bonchev–Trinajstić information content (AvgIpc) is 2.70. The molecule has 108 valence electrons. The van der Waals surface area contributed by atoms with E-state index in [0.29, 0.717) is 4.47 Å². The second kappa shape index (κ2) is 5.13. The first-order valence-electron chi connectivity index (χ1n) is 5.47. The quantitative estimate of drug-likeness (QED) is 0.820. The number of rotatable bonds is 3. The first kappa shape index (κ1) is 14.9. The SMILES string of the molecule is O=C(O)c1ccc(Br)cc1N1CC(S(=O)(=O)F)CC1=O. The van der Waals surface area contributed by atoms with Gasteiger partial charge in [-0.3, -0.25) is 4.79 Å². The lowest BCUT2D eigenvalue weighted by atomic mass is 10.1. The van der Waals surface area contributed by atoms with Crippen LogP contribution >= 0.6 is 15.9 Å². The van der Waals surface area contributed by atoms with Gasteiger partial charge >= 0.3 is 16.2 Å². The Balaban J connectivity index is 2.45. The van der Waals surface area contributed by atoms with Gasteiger partial charge in [0, 0.05) is 17.4 Å². The number of aromatic carboxylic acids is 1. The van der Waals surface area contributed by atoms with Crippen molar-refractivity contribution in [3.63, 3.8) is 0 Å². The third kappa shape index (κ3) is 2.83. The summed E-state index contributed by atoms with van der Waals surface area (Å²) in [6.07, 6.45) is -0.496. The Bertz CT molecular complexity index is 690. The summed E-state index contributed by atoms with van der Waals surface area (Å²) in [5.41, 5.74) is -0.110. The number of amides is 1. The topological polar surface area (TPSA) is 91.8 Å². The van der Waals surface area contributed by atoms with E-state index in [1.165, 1.54) is 18.2 Å². The highest BCUT2D eigenvalue weighted by atomic mass is 79.9. The van der Waals surface area contributed by atoms with Crippen molar-refractivity contribution in [2.45, 2.75) is 11.7 Å². The Labute approximate surface area is 122 Å². The molecule has 1 aliphatic rings. The molecular formula is C11H9BrFNO5S. The molecule has 0 aliphatic carbocycles. The Kier molecular flexibility index (Phi) is 3.83. The highest BCUT2D eigenvalue weighted by molar-refractivity contribution is 9.10. The molecule has 0 bridgehead atoms. The van der Waals surface area contributed by atoms with E-state index in [-0.39, 0.29) is 11.3 Å². The molecule has 1 aromatic carbocycles. The van der Waals surface area contributed by atoms with E-state index in [2.05, 4.69) is 15.9 Å². The molecule has 0 saturated carbocycles. The highest BCUT2D eigenvalue weighted by Crippen LogP contribution is 2.31. The standard InChI is InChI=1S/C11H9BrFNO5S/c12-6-1-2-8(11(16)17)9(3-6)14-5-7(4-10(14)15)20(13,18)19/h1-3,7H,4-5H2,(H,16,17).